The minimum absolute atomic E-state index is 0. The van der Waals surface area contributed by atoms with Gasteiger partial charge in [-0.05, 0) is 57.0 Å². The molecule has 148 valence electrons. The van der Waals surface area contributed by atoms with E-state index in [0.29, 0.717) is 12.1 Å². The molecule has 0 saturated carbocycles. The highest BCUT2D eigenvalue weighted by Gasteiger charge is 2.11. The van der Waals surface area contributed by atoms with Gasteiger partial charge in [0.05, 0.1) is 6.04 Å². The van der Waals surface area contributed by atoms with E-state index in [1.54, 1.807) is 7.05 Å². The Balaban J connectivity index is 0.00000364. The van der Waals surface area contributed by atoms with Crippen molar-refractivity contribution in [3.05, 3.63) is 59.0 Å². The Morgan fingerprint density at radius 3 is 2.67 bits per heavy atom. The van der Waals surface area contributed by atoms with Crippen molar-refractivity contribution in [1.82, 2.24) is 16.0 Å². The molecule has 27 heavy (non-hydrogen) atoms. The van der Waals surface area contributed by atoms with E-state index < -0.39 is 0 Å². The van der Waals surface area contributed by atoms with Crippen LogP contribution < -0.4 is 16.0 Å². The molecule has 3 N–H and O–H groups in total. The molecule has 1 aromatic heterocycles. The van der Waals surface area contributed by atoms with Gasteiger partial charge in [-0.25, -0.2) is 0 Å². The number of aryl methyl sites for hydroxylation is 1. The van der Waals surface area contributed by atoms with Crippen LogP contribution >= 0.6 is 24.0 Å². The Morgan fingerprint density at radius 1 is 1.26 bits per heavy atom. The predicted molar refractivity (Wildman–Crippen MR) is 120 cm³/mol. The summed E-state index contributed by atoms with van der Waals surface area (Å²) in [6.45, 7) is 7.41. The van der Waals surface area contributed by atoms with Crippen LogP contribution in [-0.4, -0.2) is 32.0 Å². The van der Waals surface area contributed by atoms with E-state index >= 15 is 0 Å². The van der Waals surface area contributed by atoms with Gasteiger partial charge in [-0.3, -0.25) is 9.79 Å². The molecular weight excluding hydrogens is 455 g/mol. The fourth-order valence-electron chi connectivity index (χ4n) is 2.59. The molecule has 0 aliphatic heterocycles. The van der Waals surface area contributed by atoms with Crippen LogP contribution in [0, 0.1) is 6.92 Å². The van der Waals surface area contributed by atoms with Gasteiger partial charge in [-0.2, -0.15) is 0 Å². The second-order valence-corrected chi connectivity index (χ2v) is 6.10. The predicted octanol–water partition coefficient (Wildman–Crippen LogP) is 3.42. The van der Waals surface area contributed by atoms with Crippen LogP contribution in [-0.2, 0) is 6.42 Å². The molecule has 2 rings (SSSR count). The van der Waals surface area contributed by atoms with Gasteiger partial charge in [0, 0.05) is 25.7 Å². The van der Waals surface area contributed by atoms with Crippen LogP contribution in [0.3, 0.4) is 0 Å². The van der Waals surface area contributed by atoms with Gasteiger partial charge in [-0.1, -0.05) is 12.1 Å². The number of carbonyl (C=O) groups is 1. The summed E-state index contributed by atoms with van der Waals surface area (Å²) in [6, 6.07) is 11.6. The van der Waals surface area contributed by atoms with E-state index in [2.05, 4.69) is 20.9 Å². The fraction of sp³-hybridized carbons (Fsp3) is 0.400. The quantitative estimate of drug-likeness (QED) is 0.320. The number of hydrogen-bond donors (Lipinski definition) is 3. The smallest absolute Gasteiger partial charge is 0.251 e. The summed E-state index contributed by atoms with van der Waals surface area (Å²) in [4.78, 5) is 16.4. The summed E-state index contributed by atoms with van der Waals surface area (Å²) in [5.41, 5.74) is 1.75. The van der Waals surface area contributed by atoms with E-state index in [0.717, 1.165) is 36.0 Å². The lowest BCUT2D eigenvalue weighted by Gasteiger charge is -2.16. The second-order valence-electron chi connectivity index (χ2n) is 6.10. The third-order valence-corrected chi connectivity index (χ3v) is 3.97. The van der Waals surface area contributed by atoms with E-state index in [9.17, 15) is 4.79 Å². The summed E-state index contributed by atoms with van der Waals surface area (Å²) in [5.74, 6) is 2.45. The lowest BCUT2D eigenvalue weighted by Crippen LogP contribution is -2.38. The molecule has 6 nitrogen and oxygen atoms in total. The fourth-order valence-corrected chi connectivity index (χ4v) is 2.59. The Labute approximate surface area is 178 Å². The molecule has 0 fully saturated rings. The van der Waals surface area contributed by atoms with Gasteiger partial charge in [0.1, 0.15) is 11.5 Å². The van der Waals surface area contributed by atoms with E-state index in [1.165, 1.54) is 0 Å². The molecule has 1 amide bonds. The largest absolute Gasteiger partial charge is 0.464 e. The monoisotopic (exact) mass is 484 g/mol. The van der Waals surface area contributed by atoms with Gasteiger partial charge < -0.3 is 20.4 Å². The molecule has 1 atom stereocenters. The molecule has 0 spiro atoms. The molecule has 1 heterocycles. The lowest BCUT2D eigenvalue weighted by molar-refractivity contribution is 0.0963. The first-order chi connectivity index (χ1) is 12.5. The van der Waals surface area contributed by atoms with Crippen molar-refractivity contribution in [2.24, 2.45) is 4.99 Å². The molecule has 0 bridgehead atoms. The normalized spacial score (nSPS) is 12.1. The van der Waals surface area contributed by atoms with Crippen molar-refractivity contribution in [2.45, 2.75) is 33.2 Å². The van der Waals surface area contributed by atoms with Crippen LogP contribution in [0.5, 0.6) is 0 Å². The van der Waals surface area contributed by atoms with Gasteiger partial charge in [0.15, 0.2) is 5.96 Å². The molecule has 2 aromatic rings. The first kappa shape index (κ1) is 23.0. The molecule has 0 aliphatic carbocycles. The highest BCUT2D eigenvalue weighted by atomic mass is 127. The number of hydrogen-bond acceptors (Lipinski definition) is 3. The number of nitrogens with zero attached hydrogens (tertiary/aromatic N) is 1. The molecule has 7 heteroatoms. The maximum absolute atomic E-state index is 11.7. The molecule has 1 unspecified atom stereocenters. The molecule has 0 aliphatic rings. The van der Waals surface area contributed by atoms with Crippen LogP contribution in [0.4, 0.5) is 0 Å². The maximum Gasteiger partial charge on any atom is 0.251 e. The number of rotatable bonds is 7. The van der Waals surface area contributed by atoms with Crippen LogP contribution in [0.25, 0.3) is 0 Å². The van der Waals surface area contributed by atoms with Gasteiger partial charge >= 0.3 is 0 Å². The Kier molecular flexibility index (Phi) is 9.92. The van der Waals surface area contributed by atoms with Crippen molar-refractivity contribution in [2.75, 3.05) is 20.1 Å². The summed E-state index contributed by atoms with van der Waals surface area (Å²) >= 11 is 0. The zero-order valence-electron chi connectivity index (χ0n) is 16.3. The standard InChI is InChI=1S/C20H28N4O2.HI/c1-5-22-20(24-15(3)18-10-9-14(2)26-18)23-12-11-16-7-6-8-17(13-16)19(25)21-4;/h6-10,13,15H,5,11-12H2,1-4H3,(H,21,25)(H2,22,23,24);1H. The number of guanidine groups is 1. The number of aliphatic imine (C=N–C) groups is 1. The number of amides is 1. The summed E-state index contributed by atoms with van der Waals surface area (Å²) in [6.07, 6.45) is 0.760. The topological polar surface area (TPSA) is 78.7 Å². The average Bonchev–Trinajstić information content (AvgIpc) is 3.08. The van der Waals surface area contributed by atoms with E-state index in [-0.39, 0.29) is 35.9 Å². The summed E-state index contributed by atoms with van der Waals surface area (Å²) < 4.78 is 5.66. The second kappa shape index (κ2) is 11.6. The van der Waals surface area contributed by atoms with Crippen LogP contribution in [0.15, 0.2) is 45.8 Å². The summed E-state index contributed by atoms with van der Waals surface area (Å²) in [7, 11) is 1.63. The number of benzene rings is 1. The minimum atomic E-state index is -0.0760. The third kappa shape index (κ3) is 7.24. The number of nitrogens with one attached hydrogen (secondary N) is 3. The molecule has 0 saturated heterocycles. The van der Waals surface area contributed by atoms with E-state index in [4.69, 9.17) is 4.42 Å². The van der Waals surface area contributed by atoms with Gasteiger partial charge in [0.2, 0.25) is 0 Å². The highest BCUT2D eigenvalue weighted by molar-refractivity contribution is 14.0. The number of carbonyl (C=O) groups excluding carboxylic acids is 1. The molecule has 1 aromatic carbocycles. The molecule has 0 radical (unpaired) electrons. The van der Waals surface area contributed by atoms with Crippen LogP contribution in [0.2, 0.25) is 0 Å². The zero-order valence-corrected chi connectivity index (χ0v) is 18.7. The Morgan fingerprint density at radius 2 is 2.04 bits per heavy atom. The van der Waals surface area contributed by atoms with Crippen molar-refractivity contribution in [1.29, 1.82) is 0 Å². The third-order valence-electron chi connectivity index (χ3n) is 3.97. The van der Waals surface area contributed by atoms with Crippen molar-refractivity contribution >= 4 is 35.8 Å². The zero-order chi connectivity index (χ0) is 18.9. The summed E-state index contributed by atoms with van der Waals surface area (Å²) in [5, 5.41) is 9.24. The minimum Gasteiger partial charge on any atom is -0.464 e. The average molecular weight is 484 g/mol. The first-order valence-corrected chi connectivity index (χ1v) is 8.95. The first-order valence-electron chi connectivity index (χ1n) is 8.95. The number of furan rings is 1. The molecular formula is C20H29IN4O2. The highest BCUT2D eigenvalue weighted by Crippen LogP contribution is 2.15. The van der Waals surface area contributed by atoms with Crippen molar-refractivity contribution in [3.63, 3.8) is 0 Å². The number of halogens is 1. The Hall–Kier alpha value is -2.03. The Bertz CT molecular complexity index is 758. The van der Waals surface area contributed by atoms with Crippen molar-refractivity contribution in [3.8, 4) is 0 Å². The van der Waals surface area contributed by atoms with Gasteiger partial charge in [-0.15, -0.1) is 24.0 Å². The van der Waals surface area contributed by atoms with Crippen molar-refractivity contribution < 1.29 is 9.21 Å². The van der Waals surface area contributed by atoms with E-state index in [1.807, 2.05) is 57.2 Å². The lowest BCUT2D eigenvalue weighted by atomic mass is 10.1. The van der Waals surface area contributed by atoms with Gasteiger partial charge in [0.25, 0.3) is 5.91 Å². The van der Waals surface area contributed by atoms with Crippen LogP contribution in [0.1, 0.15) is 47.3 Å². The maximum atomic E-state index is 11.7. The SMILES string of the molecule is CCNC(=NCCc1cccc(C(=O)NC)c1)NC(C)c1ccc(C)o1.I.